The SMILES string of the molecule is COCCNC(=O)C(C)Oc1cnn(C(C)C)c1. The fourth-order valence-corrected chi connectivity index (χ4v) is 1.34. The van der Waals surface area contributed by atoms with Crippen molar-refractivity contribution >= 4 is 5.91 Å². The lowest BCUT2D eigenvalue weighted by molar-refractivity contribution is -0.127. The third-order valence-electron chi connectivity index (χ3n) is 2.39. The van der Waals surface area contributed by atoms with Crippen molar-refractivity contribution in [3.05, 3.63) is 12.4 Å². The summed E-state index contributed by atoms with van der Waals surface area (Å²) >= 11 is 0. The summed E-state index contributed by atoms with van der Waals surface area (Å²) in [6.07, 6.45) is 2.84. The molecule has 0 fully saturated rings. The molecule has 102 valence electrons. The molecule has 1 atom stereocenters. The number of nitrogens with one attached hydrogen (secondary N) is 1. The molecule has 1 unspecified atom stereocenters. The molecule has 1 heterocycles. The Hall–Kier alpha value is -1.56. The Morgan fingerprint density at radius 3 is 2.78 bits per heavy atom. The molecule has 1 N–H and O–H groups in total. The Morgan fingerprint density at radius 1 is 1.50 bits per heavy atom. The number of carbonyl (C=O) groups excluding carboxylic acids is 1. The molecule has 6 heteroatoms. The molecular formula is C12H21N3O3. The molecule has 0 saturated carbocycles. The minimum atomic E-state index is -0.549. The highest BCUT2D eigenvalue weighted by atomic mass is 16.5. The number of hydrogen-bond acceptors (Lipinski definition) is 4. The van der Waals surface area contributed by atoms with Gasteiger partial charge in [0.1, 0.15) is 0 Å². The molecule has 0 aliphatic rings. The standard InChI is InChI=1S/C12H21N3O3/c1-9(2)15-8-11(7-14-15)18-10(3)12(16)13-5-6-17-4/h7-10H,5-6H2,1-4H3,(H,13,16). The average molecular weight is 255 g/mol. The molecule has 0 aliphatic carbocycles. The zero-order valence-electron chi connectivity index (χ0n) is 11.3. The maximum Gasteiger partial charge on any atom is 0.260 e. The number of nitrogens with zero attached hydrogens (tertiary/aromatic N) is 2. The molecule has 0 aliphatic heterocycles. The highest BCUT2D eigenvalue weighted by Crippen LogP contribution is 2.13. The predicted octanol–water partition coefficient (Wildman–Crippen LogP) is 0.994. The summed E-state index contributed by atoms with van der Waals surface area (Å²) in [4.78, 5) is 11.6. The van der Waals surface area contributed by atoms with Gasteiger partial charge in [0.05, 0.1) is 19.0 Å². The van der Waals surface area contributed by atoms with Gasteiger partial charge in [-0.15, -0.1) is 0 Å². The van der Waals surface area contributed by atoms with Crippen LogP contribution in [0, 0.1) is 0 Å². The number of methoxy groups -OCH3 is 1. The predicted molar refractivity (Wildman–Crippen MR) is 67.6 cm³/mol. The van der Waals surface area contributed by atoms with Gasteiger partial charge in [-0.25, -0.2) is 0 Å². The fourth-order valence-electron chi connectivity index (χ4n) is 1.34. The number of aromatic nitrogens is 2. The van der Waals surface area contributed by atoms with Gasteiger partial charge in [0, 0.05) is 19.7 Å². The van der Waals surface area contributed by atoms with E-state index in [-0.39, 0.29) is 11.9 Å². The van der Waals surface area contributed by atoms with Crippen LogP contribution in [0.15, 0.2) is 12.4 Å². The number of ether oxygens (including phenoxy) is 2. The van der Waals surface area contributed by atoms with E-state index in [2.05, 4.69) is 10.4 Å². The van der Waals surface area contributed by atoms with Crippen LogP contribution in [0.2, 0.25) is 0 Å². The topological polar surface area (TPSA) is 65.4 Å². The Morgan fingerprint density at radius 2 is 2.22 bits per heavy atom. The van der Waals surface area contributed by atoms with E-state index < -0.39 is 6.10 Å². The van der Waals surface area contributed by atoms with Gasteiger partial charge in [0.2, 0.25) is 0 Å². The lowest BCUT2D eigenvalue weighted by Gasteiger charge is -2.13. The van der Waals surface area contributed by atoms with Crippen molar-refractivity contribution in [3.8, 4) is 5.75 Å². The number of amides is 1. The summed E-state index contributed by atoms with van der Waals surface area (Å²) in [7, 11) is 1.59. The molecule has 0 bridgehead atoms. The van der Waals surface area contributed by atoms with Crippen LogP contribution in [-0.4, -0.2) is 42.1 Å². The zero-order valence-corrected chi connectivity index (χ0v) is 11.3. The van der Waals surface area contributed by atoms with E-state index in [9.17, 15) is 4.79 Å². The quantitative estimate of drug-likeness (QED) is 0.738. The smallest absolute Gasteiger partial charge is 0.260 e. The van der Waals surface area contributed by atoms with Crippen molar-refractivity contribution in [1.82, 2.24) is 15.1 Å². The molecule has 1 rings (SSSR count). The monoisotopic (exact) mass is 255 g/mol. The molecule has 1 aromatic rings. The lowest BCUT2D eigenvalue weighted by atomic mass is 10.3. The van der Waals surface area contributed by atoms with E-state index in [4.69, 9.17) is 9.47 Å². The third kappa shape index (κ3) is 4.37. The molecule has 18 heavy (non-hydrogen) atoms. The number of rotatable bonds is 7. The second kappa shape index (κ2) is 7.00. The summed E-state index contributed by atoms with van der Waals surface area (Å²) < 4.78 is 12.1. The molecule has 1 aromatic heterocycles. The van der Waals surface area contributed by atoms with Crippen LogP contribution < -0.4 is 10.1 Å². The average Bonchev–Trinajstić information content (AvgIpc) is 2.77. The van der Waals surface area contributed by atoms with Crippen LogP contribution in [0.3, 0.4) is 0 Å². The van der Waals surface area contributed by atoms with Crippen molar-refractivity contribution in [3.63, 3.8) is 0 Å². The Bertz CT molecular complexity index is 376. The zero-order chi connectivity index (χ0) is 13.5. The highest BCUT2D eigenvalue weighted by Gasteiger charge is 2.15. The normalized spacial score (nSPS) is 12.5. The van der Waals surface area contributed by atoms with Crippen molar-refractivity contribution in [2.45, 2.75) is 32.9 Å². The molecule has 0 aromatic carbocycles. The Kier molecular flexibility index (Phi) is 5.64. The molecule has 0 spiro atoms. The van der Waals surface area contributed by atoms with E-state index in [0.29, 0.717) is 18.9 Å². The molecule has 1 amide bonds. The summed E-state index contributed by atoms with van der Waals surface area (Å²) in [5.41, 5.74) is 0. The van der Waals surface area contributed by atoms with Gasteiger partial charge in [-0.05, 0) is 20.8 Å². The number of carbonyl (C=O) groups is 1. The minimum absolute atomic E-state index is 0.163. The molecular weight excluding hydrogens is 234 g/mol. The van der Waals surface area contributed by atoms with Crippen LogP contribution in [-0.2, 0) is 9.53 Å². The maximum absolute atomic E-state index is 11.6. The van der Waals surface area contributed by atoms with Crippen molar-refractivity contribution in [2.75, 3.05) is 20.3 Å². The Balaban J connectivity index is 2.42. The first-order valence-corrected chi connectivity index (χ1v) is 6.02. The van der Waals surface area contributed by atoms with E-state index >= 15 is 0 Å². The summed E-state index contributed by atoms with van der Waals surface area (Å²) in [6, 6.07) is 0.271. The van der Waals surface area contributed by atoms with Gasteiger partial charge in [0.15, 0.2) is 11.9 Å². The largest absolute Gasteiger partial charge is 0.478 e. The maximum atomic E-state index is 11.6. The Labute approximate surface area is 107 Å². The van der Waals surface area contributed by atoms with E-state index in [1.807, 2.05) is 13.8 Å². The molecule has 6 nitrogen and oxygen atoms in total. The second-order valence-electron chi connectivity index (χ2n) is 4.29. The first kappa shape index (κ1) is 14.5. The van der Waals surface area contributed by atoms with Gasteiger partial charge in [-0.1, -0.05) is 0 Å². The lowest BCUT2D eigenvalue weighted by Crippen LogP contribution is -2.37. The van der Waals surface area contributed by atoms with Gasteiger partial charge < -0.3 is 14.8 Å². The summed E-state index contributed by atoms with van der Waals surface area (Å²) in [5.74, 6) is 0.433. The van der Waals surface area contributed by atoms with E-state index in [1.165, 1.54) is 0 Å². The third-order valence-corrected chi connectivity index (χ3v) is 2.39. The minimum Gasteiger partial charge on any atom is -0.478 e. The van der Waals surface area contributed by atoms with Crippen molar-refractivity contribution in [1.29, 1.82) is 0 Å². The van der Waals surface area contributed by atoms with E-state index in [0.717, 1.165) is 0 Å². The van der Waals surface area contributed by atoms with Crippen LogP contribution in [0.4, 0.5) is 0 Å². The number of hydrogen-bond donors (Lipinski definition) is 1. The van der Waals surface area contributed by atoms with Crippen LogP contribution in [0.25, 0.3) is 0 Å². The van der Waals surface area contributed by atoms with Crippen molar-refractivity contribution < 1.29 is 14.3 Å². The fraction of sp³-hybridized carbons (Fsp3) is 0.667. The van der Waals surface area contributed by atoms with Crippen molar-refractivity contribution in [2.24, 2.45) is 0 Å². The van der Waals surface area contributed by atoms with Crippen LogP contribution in [0.5, 0.6) is 5.75 Å². The van der Waals surface area contributed by atoms with Gasteiger partial charge in [0.25, 0.3) is 5.91 Å². The highest BCUT2D eigenvalue weighted by molar-refractivity contribution is 5.80. The van der Waals surface area contributed by atoms with Crippen LogP contribution >= 0.6 is 0 Å². The first-order chi connectivity index (χ1) is 8.54. The second-order valence-corrected chi connectivity index (χ2v) is 4.29. The molecule has 0 radical (unpaired) electrons. The van der Waals surface area contributed by atoms with Gasteiger partial charge >= 0.3 is 0 Å². The van der Waals surface area contributed by atoms with Gasteiger partial charge in [-0.3, -0.25) is 9.48 Å². The van der Waals surface area contributed by atoms with Crippen LogP contribution in [0.1, 0.15) is 26.8 Å². The summed E-state index contributed by atoms with van der Waals surface area (Å²) in [5, 5.41) is 6.86. The molecule has 0 saturated heterocycles. The first-order valence-electron chi connectivity index (χ1n) is 6.02. The van der Waals surface area contributed by atoms with E-state index in [1.54, 1.807) is 31.1 Å². The van der Waals surface area contributed by atoms with Gasteiger partial charge in [-0.2, -0.15) is 5.10 Å². The summed E-state index contributed by atoms with van der Waals surface area (Å²) in [6.45, 7) is 6.72.